The second-order valence-electron chi connectivity index (χ2n) is 6.55. The zero-order chi connectivity index (χ0) is 21.4. The molecule has 0 aliphatic rings. The average molecular weight is 418 g/mol. The largest absolute Gasteiger partial charge is 0.500 e. The molecule has 156 valence electrons. The van der Waals surface area contributed by atoms with E-state index < -0.39 is 14.8 Å². The van der Waals surface area contributed by atoms with E-state index in [1.54, 1.807) is 52.5 Å². The topological polar surface area (TPSA) is 83.1 Å². The molecule has 0 radical (unpaired) electrons. The normalized spacial score (nSPS) is 11.3. The number of carbonyl (C=O) groups excluding carboxylic acids is 2. The van der Waals surface area contributed by atoms with Gasteiger partial charge in [0.2, 0.25) is 0 Å². The smallest absolute Gasteiger partial charge is 0.423 e. The second-order valence-corrected chi connectivity index (χ2v) is 9.64. The average Bonchev–Trinajstić information content (AvgIpc) is 2.73. The van der Waals surface area contributed by atoms with Gasteiger partial charge in [0.15, 0.2) is 0 Å². The van der Waals surface area contributed by atoms with Crippen LogP contribution in [0.2, 0.25) is 6.04 Å². The van der Waals surface area contributed by atoms with Gasteiger partial charge in [0, 0.05) is 45.1 Å². The molecule has 0 aliphatic heterocycles. The highest BCUT2D eigenvalue weighted by atomic mass is 28.4. The highest BCUT2D eigenvalue weighted by Crippen LogP contribution is 2.23. The first-order valence-electron chi connectivity index (χ1n) is 9.19. The van der Waals surface area contributed by atoms with Gasteiger partial charge in [-0.05, 0) is 48.4 Å². The van der Waals surface area contributed by atoms with Crippen LogP contribution in [-0.2, 0) is 18.1 Å². The molecule has 0 fully saturated rings. The van der Waals surface area contributed by atoms with Crippen molar-refractivity contribution in [2.24, 2.45) is 0 Å². The first kappa shape index (κ1) is 22.8. The molecule has 7 nitrogen and oxygen atoms in total. The van der Waals surface area contributed by atoms with Crippen molar-refractivity contribution in [2.45, 2.75) is 19.4 Å². The standard InChI is InChI=1S/C21H27NO6Si/c1-15(2)21(24)28-19-10-9-16-13-18(8-7-17(16)14-19)20(23)22-11-6-12-29(25-3,26-4)27-5/h7-10,13-14H,1,6,11-12H2,2-5H3,(H,22,23). The van der Waals surface area contributed by atoms with Crippen LogP contribution in [0.3, 0.4) is 0 Å². The van der Waals surface area contributed by atoms with E-state index in [1.165, 1.54) is 0 Å². The maximum atomic E-state index is 12.4. The first-order chi connectivity index (χ1) is 13.8. The number of esters is 1. The summed E-state index contributed by atoms with van der Waals surface area (Å²) in [7, 11) is 2.08. The van der Waals surface area contributed by atoms with Gasteiger partial charge in [-0.25, -0.2) is 4.79 Å². The number of nitrogens with one attached hydrogen (secondary N) is 1. The van der Waals surface area contributed by atoms with Crippen LogP contribution in [0.25, 0.3) is 10.8 Å². The lowest BCUT2D eigenvalue weighted by molar-refractivity contribution is -0.130. The third-order valence-electron chi connectivity index (χ3n) is 4.51. The zero-order valence-corrected chi connectivity index (χ0v) is 18.2. The molecule has 0 heterocycles. The molecule has 0 atom stereocenters. The summed E-state index contributed by atoms with van der Waals surface area (Å²) in [4.78, 5) is 24.1. The Balaban J connectivity index is 1.98. The van der Waals surface area contributed by atoms with Crippen molar-refractivity contribution in [2.75, 3.05) is 27.9 Å². The van der Waals surface area contributed by atoms with Crippen molar-refractivity contribution < 1.29 is 27.6 Å². The zero-order valence-electron chi connectivity index (χ0n) is 17.2. The van der Waals surface area contributed by atoms with Crippen molar-refractivity contribution in [1.29, 1.82) is 0 Å². The van der Waals surface area contributed by atoms with Gasteiger partial charge in [0.25, 0.3) is 5.91 Å². The molecule has 8 heteroatoms. The number of fused-ring (bicyclic) bond motifs is 1. The van der Waals surface area contributed by atoms with E-state index >= 15 is 0 Å². The van der Waals surface area contributed by atoms with E-state index in [9.17, 15) is 9.59 Å². The van der Waals surface area contributed by atoms with Crippen LogP contribution in [0.5, 0.6) is 5.75 Å². The first-order valence-corrected chi connectivity index (χ1v) is 11.1. The Bertz CT molecular complexity index is 886. The molecule has 0 aliphatic carbocycles. The molecule has 0 unspecified atom stereocenters. The lowest BCUT2D eigenvalue weighted by atomic mass is 10.1. The molecule has 0 bridgehead atoms. The third kappa shape index (κ3) is 5.98. The minimum Gasteiger partial charge on any atom is -0.423 e. The summed E-state index contributed by atoms with van der Waals surface area (Å²) in [5.41, 5.74) is 0.886. The quantitative estimate of drug-likeness (QED) is 0.210. The van der Waals surface area contributed by atoms with E-state index in [0.29, 0.717) is 35.9 Å². The van der Waals surface area contributed by atoms with Gasteiger partial charge in [-0.15, -0.1) is 0 Å². The molecular formula is C21H27NO6Si. The number of hydrogen-bond acceptors (Lipinski definition) is 6. The highest BCUT2D eigenvalue weighted by Gasteiger charge is 2.36. The van der Waals surface area contributed by atoms with Crippen molar-refractivity contribution in [3.63, 3.8) is 0 Å². The Kier molecular flexibility index (Phi) is 8.09. The van der Waals surface area contributed by atoms with Crippen molar-refractivity contribution in [1.82, 2.24) is 5.32 Å². The molecule has 0 saturated carbocycles. The van der Waals surface area contributed by atoms with Gasteiger partial charge in [-0.1, -0.05) is 18.7 Å². The fourth-order valence-corrected chi connectivity index (χ4v) is 4.51. The molecule has 1 N–H and O–H groups in total. The van der Waals surface area contributed by atoms with E-state index in [4.69, 9.17) is 18.0 Å². The van der Waals surface area contributed by atoms with Crippen molar-refractivity contribution >= 4 is 31.5 Å². The number of benzene rings is 2. The van der Waals surface area contributed by atoms with Crippen LogP contribution >= 0.6 is 0 Å². The highest BCUT2D eigenvalue weighted by molar-refractivity contribution is 6.60. The maximum Gasteiger partial charge on any atom is 0.500 e. The van der Waals surface area contributed by atoms with Gasteiger partial charge >= 0.3 is 14.8 Å². The molecule has 2 aromatic rings. The minimum atomic E-state index is -2.62. The van der Waals surface area contributed by atoms with Crippen molar-refractivity contribution in [3.05, 3.63) is 54.1 Å². The molecule has 1 amide bonds. The van der Waals surface area contributed by atoms with Gasteiger partial charge in [-0.3, -0.25) is 4.79 Å². The van der Waals surface area contributed by atoms with Gasteiger partial charge in [0.1, 0.15) is 5.75 Å². The molecule has 0 aromatic heterocycles. The number of carbonyl (C=O) groups is 2. The van der Waals surface area contributed by atoms with Crippen molar-refractivity contribution in [3.8, 4) is 5.75 Å². The Hall–Kier alpha value is -2.52. The third-order valence-corrected chi connectivity index (χ3v) is 7.34. The predicted molar refractivity (Wildman–Crippen MR) is 113 cm³/mol. The van der Waals surface area contributed by atoms with Gasteiger partial charge in [-0.2, -0.15) is 0 Å². The van der Waals surface area contributed by atoms with Crippen LogP contribution in [0, 0.1) is 0 Å². The molecule has 0 saturated heterocycles. The Morgan fingerprint density at radius 2 is 1.62 bits per heavy atom. The Labute approximate surface area is 172 Å². The lowest BCUT2D eigenvalue weighted by Crippen LogP contribution is -2.43. The van der Waals surface area contributed by atoms with Crippen LogP contribution in [0.15, 0.2) is 48.6 Å². The lowest BCUT2D eigenvalue weighted by Gasteiger charge is -2.24. The molecular weight excluding hydrogens is 390 g/mol. The molecule has 2 aromatic carbocycles. The number of ether oxygens (including phenoxy) is 1. The van der Waals surface area contributed by atoms with Gasteiger partial charge in [0.05, 0.1) is 0 Å². The van der Waals surface area contributed by atoms with Gasteiger partial charge < -0.3 is 23.3 Å². The van der Waals surface area contributed by atoms with Crippen LogP contribution in [-0.4, -0.2) is 48.6 Å². The summed E-state index contributed by atoms with van der Waals surface area (Å²) in [6.45, 7) is 5.64. The maximum absolute atomic E-state index is 12.4. The summed E-state index contributed by atoms with van der Waals surface area (Å²) in [5, 5.41) is 4.63. The Morgan fingerprint density at radius 3 is 2.24 bits per heavy atom. The summed E-state index contributed by atoms with van der Waals surface area (Å²) >= 11 is 0. The summed E-state index contributed by atoms with van der Waals surface area (Å²) in [5.74, 6) is -0.197. The second kappa shape index (κ2) is 10.3. The molecule has 29 heavy (non-hydrogen) atoms. The number of amides is 1. The SMILES string of the molecule is C=C(C)C(=O)Oc1ccc2cc(C(=O)NCCC[Si](OC)(OC)OC)ccc2c1. The van der Waals surface area contributed by atoms with Crippen LogP contribution in [0.1, 0.15) is 23.7 Å². The van der Waals surface area contributed by atoms with Crippen LogP contribution in [0.4, 0.5) is 0 Å². The van der Waals surface area contributed by atoms with Crippen LogP contribution < -0.4 is 10.1 Å². The van der Waals surface area contributed by atoms with E-state index in [-0.39, 0.29) is 5.91 Å². The fourth-order valence-electron chi connectivity index (χ4n) is 2.79. The fraction of sp³-hybridized carbons (Fsp3) is 0.333. The Morgan fingerprint density at radius 1 is 1.00 bits per heavy atom. The van der Waals surface area contributed by atoms with E-state index in [1.807, 2.05) is 12.1 Å². The predicted octanol–water partition coefficient (Wildman–Crippen LogP) is 3.32. The number of hydrogen-bond donors (Lipinski definition) is 1. The summed E-state index contributed by atoms with van der Waals surface area (Å²) in [6, 6.07) is 11.2. The van der Waals surface area contributed by atoms with E-state index in [0.717, 1.165) is 10.8 Å². The molecule has 0 spiro atoms. The minimum absolute atomic E-state index is 0.163. The molecule has 2 rings (SSSR count). The summed E-state index contributed by atoms with van der Waals surface area (Å²) < 4.78 is 21.3. The van der Waals surface area contributed by atoms with E-state index in [2.05, 4.69) is 11.9 Å². The monoisotopic (exact) mass is 417 g/mol. The number of rotatable bonds is 10. The summed E-state index contributed by atoms with van der Waals surface area (Å²) in [6.07, 6.45) is 0.679.